The Morgan fingerprint density at radius 3 is 2.64 bits per heavy atom. The zero-order chi connectivity index (χ0) is 8.48. The second-order valence-electron chi connectivity index (χ2n) is 3.61. The van der Waals surface area contributed by atoms with E-state index in [1.54, 1.807) is 11.1 Å². The zero-order valence-corrected chi connectivity index (χ0v) is 7.26. The molecular weight excluding hydrogens is 138 g/mol. The molecule has 1 heterocycles. The average molecular weight is 153 g/mol. The summed E-state index contributed by atoms with van der Waals surface area (Å²) in [6, 6.07) is 0. The van der Waals surface area contributed by atoms with Crippen LogP contribution in [0, 0.1) is 0 Å². The third-order valence-electron chi connectivity index (χ3n) is 2.28. The third-order valence-corrected chi connectivity index (χ3v) is 2.28. The first kappa shape index (κ1) is 8.31. The van der Waals surface area contributed by atoms with Crippen molar-refractivity contribution in [1.29, 1.82) is 0 Å². The predicted octanol–water partition coefficient (Wildman–Crippen LogP) is 1.92. The molecule has 0 aliphatic carbocycles. The number of likely N-dealkylation sites (tertiary alicyclic amines) is 1. The van der Waals surface area contributed by atoms with Gasteiger partial charge in [0, 0.05) is 18.2 Å². The summed E-state index contributed by atoms with van der Waals surface area (Å²) < 4.78 is 0. The minimum absolute atomic E-state index is 0.0168. The first-order valence-electron chi connectivity index (χ1n) is 4.02. The lowest BCUT2D eigenvalue weighted by atomic mass is 9.90. The summed E-state index contributed by atoms with van der Waals surface area (Å²) in [5, 5.41) is 0. The molecule has 1 saturated heterocycles. The highest BCUT2D eigenvalue weighted by Gasteiger charge is 2.32. The summed E-state index contributed by atoms with van der Waals surface area (Å²) in [7, 11) is 0. The molecule has 0 aromatic carbocycles. The minimum atomic E-state index is -0.0168. The van der Waals surface area contributed by atoms with Crippen LogP contribution in [0.2, 0.25) is 0 Å². The molecule has 2 heteroatoms. The molecule has 11 heavy (non-hydrogen) atoms. The van der Waals surface area contributed by atoms with Gasteiger partial charge < -0.3 is 4.90 Å². The van der Waals surface area contributed by atoms with Gasteiger partial charge in [0.1, 0.15) is 0 Å². The topological polar surface area (TPSA) is 20.3 Å². The van der Waals surface area contributed by atoms with Gasteiger partial charge in [-0.2, -0.15) is 0 Å². The van der Waals surface area contributed by atoms with Crippen LogP contribution in [0.5, 0.6) is 0 Å². The molecule has 1 amide bonds. The predicted molar refractivity (Wildman–Crippen MR) is 45.0 cm³/mol. The molecule has 1 fully saturated rings. The second kappa shape index (κ2) is 2.68. The Labute approximate surface area is 67.9 Å². The van der Waals surface area contributed by atoms with Crippen molar-refractivity contribution < 1.29 is 4.79 Å². The van der Waals surface area contributed by atoms with E-state index in [9.17, 15) is 4.79 Å². The van der Waals surface area contributed by atoms with Crippen LogP contribution in [0.15, 0.2) is 12.8 Å². The van der Waals surface area contributed by atoms with Gasteiger partial charge in [-0.25, -0.2) is 0 Å². The molecule has 0 spiro atoms. The van der Waals surface area contributed by atoms with Gasteiger partial charge in [-0.15, -0.1) is 0 Å². The highest BCUT2D eigenvalue weighted by atomic mass is 16.2. The summed E-state index contributed by atoms with van der Waals surface area (Å²) in [4.78, 5) is 13.0. The van der Waals surface area contributed by atoms with Gasteiger partial charge >= 0.3 is 0 Å². The van der Waals surface area contributed by atoms with Gasteiger partial charge in [0.2, 0.25) is 5.91 Å². The first-order chi connectivity index (χ1) is 5.08. The van der Waals surface area contributed by atoms with Gasteiger partial charge in [0.15, 0.2) is 0 Å². The van der Waals surface area contributed by atoms with E-state index < -0.39 is 0 Å². The number of rotatable bonds is 1. The fourth-order valence-corrected chi connectivity index (χ4v) is 1.60. The minimum Gasteiger partial charge on any atom is -0.314 e. The molecule has 0 bridgehead atoms. The number of carbonyl (C=O) groups is 1. The maximum atomic E-state index is 11.3. The molecule has 1 aliphatic heterocycles. The van der Waals surface area contributed by atoms with E-state index in [-0.39, 0.29) is 11.4 Å². The molecular formula is C9H15NO. The van der Waals surface area contributed by atoms with Crippen molar-refractivity contribution in [2.45, 2.75) is 38.6 Å². The van der Waals surface area contributed by atoms with E-state index >= 15 is 0 Å². The van der Waals surface area contributed by atoms with Crippen LogP contribution in [-0.4, -0.2) is 16.3 Å². The molecule has 0 aromatic rings. The van der Waals surface area contributed by atoms with Crippen molar-refractivity contribution in [3.63, 3.8) is 0 Å². The van der Waals surface area contributed by atoms with Crippen molar-refractivity contribution in [3.05, 3.63) is 12.8 Å². The number of nitrogens with zero attached hydrogens (tertiary/aromatic N) is 1. The van der Waals surface area contributed by atoms with E-state index in [1.807, 2.05) is 0 Å². The lowest BCUT2D eigenvalue weighted by molar-refractivity contribution is -0.136. The summed E-state index contributed by atoms with van der Waals surface area (Å²) in [6.45, 7) is 7.79. The number of hydrogen-bond acceptors (Lipinski definition) is 1. The average Bonchev–Trinajstić information content (AvgIpc) is 1.86. The van der Waals surface area contributed by atoms with E-state index in [4.69, 9.17) is 0 Å². The molecule has 0 N–H and O–H groups in total. The van der Waals surface area contributed by atoms with E-state index in [0.717, 1.165) is 12.8 Å². The van der Waals surface area contributed by atoms with E-state index in [2.05, 4.69) is 20.4 Å². The van der Waals surface area contributed by atoms with Crippen LogP contribution in [0.1, 0.15) is 33.1 Å². The highest BCUT2D eigenvalue weighted by molar-refractivity contribution is 5.78. The van der Waals surface area contributed by atoms with Gasteiger partial charge in [-0.05, 0) is 26.7 Å². The van der Waals surface area contributed by atoms with E-state index in [1.165, 1.54) is 0 Å². The van der Waals surface area contributed by atoms with Crippen LogP contribution in [-0.2, 0) is 4.79 Å². The molecule has 0 aromatic heterocycles. The molecule has 0 unspecified atom stereocenters. The number of hydrogen-bond donors (Lipinski definition) is 0. The first-order valence-corrected chi connectivity index (χ1v) is 4.02. The van der Waals surface area contributed by atoms with Crippen molar-refractivity contribution >= 4 is 5.91 Å². The molecule has 0 radical (unpaired) electrons. The molecule has 0 saturated carbocycles. The summed E-state index contributed by atoms with van der Waals surface area (Å²) in [6.07, 6.45) is 4.40. The van der Waals surface area contributed by atoms with Crippen LogP contribution in [0.25, 0.3) is 0 Å². The molecule has 2 nitrogen and oxygen atoms in total. The Morgan fingerprint density at radius 1 is 1.64 bits per heavy atom. The van der Waals surface area contributed by atoms with Crippen molar-refractivity contribution in [2.24, 2.45) is 0 Å². The maximum absolute atomic E-state index is 11.3. The van der Waals surface area contributed by atoms with Crippen molar-refractivity contribution in [3.8, 4) is 0 Å². The number of piperidine rings is 1. The zero-order valence-electron chi connectivity index (χ0n) is 7.26. The van der Waals surface area contributed by atoms with Crippen LogP contribution >= 0.6 is 0 Å². The summed E-state index contributed by atoms with van der Waals surface area (Å²) in [5.74, 6) is 0.205. The number of carbonyl (C=O) groups excluding carboxylic acids is 1. The fraction of sp³-hybridized carbons (Fsp3) is 0.667. The maximum Gasteiger partial charge on any atom is 0.226 e. The summed E-state index contributed by atoms with van der Waals surface area (Å²) >= 11 is 0. The lowest BCUT2D eigenvalue weighted by Gasteiger charge is -2.39. The Kier molecular flexibility index (Phi) is 2.03. The molecule has 0 atom stereocenters. The van der Waals surface area contributed by atoms with Crippen molar-refractivity contribution in [2.75, 3.05) is 0 Å². The van der Waals surface area contributed by atoms with Crippen LogP contribution in [0.3, 0.4) is 0 Å². The third kappa shape index (κ3) is 1.44. The van der Waals surface area contributed by atoms with Gasteiger partial charge in [-0.1, -0.05) is 6.58 Å². The Balaban J connectivity index is 2.80. The van der Waals surface area contributed by atoms with Crippen molar-refractivity contribution in [1.82, 2.24) is 4.90 Å². The fourth-order valence-electron chi connectivity index (χ4n) is 1.60. The van der Waals surface area contributed by atoms with Gasteiger partial charge in [0.05, 0.1) is 0 Å². The quantitative estimate of drug-likeness (QED) is 0.563. The standard InChI is InChI=1S/C9H15NO/c1-4-10-8(11)6-5-7-9(10,2)3/h4H,1,5-7H2,2-3H3. The normalized spacial score (nSPS) is 23.5. The Hall–Kier alpha value is -0.790. The molecule has 1 aliphatic rings. The number of amides is 1. The van der Waals surface area contributed by atoms with Crippen LogP contribution in [0.4, 0.5) is 0 Å². The van der Waals surface area contributed by atoms with Gasteiger partial charge in [0.25, 0.3) is 0 Å². The molecule has 1 rings (SSSR count). The van der Waals surface area contributed by atoms with Crippen LogP contribution < -0.4 is 0 Å². The Morgan fingerprint density at radius 2 is 2.27 bits per heavy atom. The summed E-state index contributed by atoms with van der Waals surface area (Å²) in [5.41, 5.74) is -0.0168. The SMILES string of the molecule is C=CN1C(=O)CCCC1(C)C. The lowest BCUT2D eigenvalue weighted by Crippen LogP contribution is -2.47. The smallest absolute Gasteiger partial charge is 0.226 e. The highest BCUT2D eigenvalue weighted by Crippen LogP contribution is 2.27. The largest absolute Gasteiger partial charge is 0.314 e. The second-order valence-corrected chi connectivity index (χ2v) is 3.61. The Bertz CT molecular complexity index is 184. The molecule has 62 valence electrons. The van der Waals surface area contributed by atoms with Gasteiger partial charge in [-0.3, -0.25) is 4.79 Å². The monoisotopic (exact) mass is 153 g/mol. The van der Waals surface area contributed by atoms with E-state index in [0.29, 0.717) is 6.42 Å².